The fourth-order valence-electron chi connectivity index (χ4n) is 2.54. The van der Waals surface area contributed by atoms with Gasteiger partial charge in [0.25, 0.3) is 0 Å². The zero-order chi connectivity index (χ0) is 15.0. The van der Waals surface area contributed by atoms with E-state index >= 15 is 0 Å². The highest BCUT2D eigenvalue weighted by Crippen LogP contribution is 2.35. The lowest BCUT2D eigenvalue weighted by Gasteiger charge is -2.13. The number of hydrogen-bond donors (Lipinski definition) is 0. The van der Waals surface area contributed by atoms with Gasteiger partial charge in [-0.3, -0.25) is 4.79 Å². The van der Waals surface area contributed by atoms with Crippen molar-refractivity contribution >= 4 is 5.78 Å². The monoisotopic (exact) mass is 292 g/mol. The fraction of sp³-hybridized carbons (Fsp3) is 0.188. The average molecular weight is 292 g/mol. The van der Waals surface area contributed by atoms with Gasteiger partial charge in [-0.2, -0.15) is 0 Å². The molecule has 0 atom stereocenters. The molecule has 5 heteroatoms. The van der Waals surface area contributed by atoms with Crippen molar-refractivity contribution in [2.75, 3.05) is 0 Å². The van der Waals surface area contributed by atoms with E-state index in [0.29, 0.717) is 29.5 Å². The van der Waals surface area contributed by atoms with Crippen LogP contribution in [0.3, 0.4) is 0 Å². The Morgan fingerprint density at radius 2 is 1.71 bits per heavy atom. The van der Waals surface area contributed by atoms with E-state index in [1.54, 1.807) is 30.3 Å². The number of halogens is 3. The van der Waals surface area contributed by atoms with Crippen molar-refractivity contribution in [3.63, 3.8) is 0 Å². The maximum absolute atomic E-state index is 12.4. The molecule has 3 rings (SSSR count). The maximum Gasteiger partial charge on any atom is 0.573 e. The number of benzene rings is 2. The number of hydrogen-bond acceptors (Lipinski definition) is 2. The molecule has 0 bridgehead atoms. The molecule has 2 aromatic carbocycles. The largest absolute Gasteiger partial charge is 0.573 e. The third-order valence-electron chi connectivity index (χ3n) is 3.45. The quantitative estimate of drug-likeness (QED) is 0.821. The zero-order valence-electron chi connectivity index (χ0n) is 10.9. The highest BCUT2D eigenvalue weighted by atomic mass is 19.4. The molecule has 108 valence electrons. The minimum atomic E-state index is -4.73. The Hall–Kier alpha value is -2.30. The summed E-state index contributed by atoms with van der Waals surface area (Å²) in [6.45, 7) is 0. The van der Waals surface area contributed by atoms with E-state index in [9.17, 15) is 18.0 Å². The molecule has 0 unspecified atom stereocenters. The van der Waals surface area contributed by atoms with Crippen molar-refractivity contribution in [2.45, 2.75) is 19.2 Å². The molecular weight excluding hydrogens is 281 g/mol. The topological polar surface area (TPSA) is 26.3 Å². The summed E-state index contributed by atoms with van der Waals surface area (Å²) in [5, 5.41) is 0. The second kappa shape index (κ2) is 4.91. The third kappa shape index (κ3) is 2.77. The second-order valence-corrected chi connectivity index (χ2v) is 4.84. The predicted octanol–water partition coefficient (Wildman–Crippen LogP) is 4.38. The van der Waals surface area contributed by atoms with Gasteiger partial charge in [-0.25, -0.2) is 0 Å². The molecular formula is C16H11F3O2. The number of para-hydroxylation sites is 1. The van der Waals surface area contributed by atoms with E-state index in [4.69, 9.17) is 0 Å². The summed E-state index contributed by atoms with van der Waals surface area (Å²) in [6.07, 6.45) is -3.65. The van der Waals surface area contributed by atoms with Gasteiger partial charge < -0.3 is 4.74 Å². The fourth-order valence-corrected chi connectivity index (χ4v) is 2.54. The number of carbonyl (C=O) groups excluding carboxylic acids is 1. The summed E-state index contributed by atoms with van der Waals surface area (Å²) in [5.41, 5.74) is 2.51. The van der Waals surface area contributed by atoms with Gasteiger partial charge in [0.1, 0.15) is 5.75 Å². The van der Waals surface area contributed by atoms with Gasteiger partial charge in [0.15, 0.2) is 5.78 Å². The lowest BCUT2D eigenvalue weighted by atomic mass is 10.00. The van der Waals surface area contributed by atoms with Crippen molar-refractivity contribution < 1.29 is 22.7 Å². The van der Waals surface area contributed by atoms with Gasteiger partial charge in [0, 0.05) is 17.5 Å². The number of fused-ring (bicyclic) bond motifs is 1. The maximum atomic E-state index is 12.4. The number of Topliss-reactive ketones (excluding diaryl/α,β-unsaturated/α-hetero) is 1. The first-order chi connectivity index (χ1) is 9.94. The molecule has 0 spiro atoms. The molecule has 0 fully saturated rings. The molecule has 2 nitrogen and oxygen atoms in total. The molecule has 0 aliphatic heterocycles. The van der Waals surface area contributed by atoms with Crippen molar-refractivity contribution in [1.82, 2.24) is 0 Å². The van der Waals surface area contributed by atoms with E-state index in [0.717, 1.165) is 5.56 Å². The summed E-state index contributed by atoms with van der Waals surface area (Å²) >= 11 is 0. The van der Waals surface area contributed by atoms with Gasteiger partial charge in [0.05, 0.1) is 0 Å². The molecule has 2 aromatic rings. The number of ether oxygens (including phenoxy) is 1. The second-order valence-electron chi connectivity index (χ2n) is 4.84. The Kier molecular flexibility index (Phi) is 3.20. The molecule has 21 heavy (non-hydrogen) atoms. The van der Waals surface area contributed by atoms with Crippen LogP contribution in [0.4, 0.5) is 13.2 Å². The SMILES string of the molecule is O=C1CCc2cc(-c3ccccc3OC(F)(F)F)ccc21. The standard InChI is InChI=1S/C16H11F3O2/c17-16(18,19)21-15-4-2-1-3-13(15)11-5-7-12-10(9-11)6-8-14(12)20/h1-5,7,9H,6,8H2. The highest BCUT2D eigenvalue weighted by molar-refractivity contribution is 6.01. The summed E-state index contributed by atoms with van der Waals surface area (Å²) in [6, 6.07) is 11.1. The van der Waals surface area contributed by atoms with Crippen LogP contribution in [0.2, 0.25) is 0 Å². The van der Waals surface area contributed by atoms with Gasteiger partial charge in [-0.05, 0) is 23.6 Å². The number of alkyl halides is 3. The van der Waals surface area contributed by atoms with Crippen molar-refractivity contribution in [1.29, 1.82) is 0 Å². The predicted molar refractivity (Wildman–Crippen MR) is 71.2 cm³/mol. The van der Waals surface area contributed by atoms with Gasteiger partial charge in [-0.1, -0.05) is 36.4 Å². The summed E-state index contributed by atoms with van der Waals surface area (Å²) < 4.78 is 41.4. The van der Waals surface area contributed by atoms with Crippen LogP contribution in [0.25, 0.3) is 11.1 Å². The molecule has 0 amide bonds. The van der Waals surface area contributed by atoms with Gasteiger partial charge in [0.2, 0.25) is 0 Å². The number of ketones is 1. The van der Waals surface area contributed by atoms with Crippen LogP contribution in [0, 0.1) is 0 Å². The average Bonchev–Trinajstić information content (AvgIpc) is 2.79. The summed E-state index contributed by atoms with van der Waals surface area (Å²) in [5.74, 6) is -0.161. The Morgan fingerprint density at radius 3 is 2.48 bits per heavy atom. The third-order valence-corrected chi connectivity index (χ3v) is 3.45. The first kappa shape index (κ1) is 13.7. The summed E-state index contributed by atoms with van der Waals surface area (Å²) in [4.78, 5) is 11.6. The van der Waals surface area contributed by atoms with E-state index in [2.05, 4.69) is 4.74 Å². The van der Waals surface area contributed by atoms with E-state index in [1.165, 1.54) is 12.1 Å². The molecule has 0 saturated heterocycles. The van der Waals surface area contributed by atoms with Crippen LogP contribution in [-0.2, 0) is 6.42 Å². The normalized spacial score (nSPS) is 14.1. The number of aryl methyl sites for hydroxylation is 1. The van der Waals surface area contributed by atoms with Crippen LogP contribution in [0.1, 0.15) is 22.3 Å². The van der Waals surface area contributed by atoms with Crippen molar-refractivity contribution in [3.05, 3.63) is 53.6 Å². The van der Waals surface area contributed by atoms with Crippen LogP contribution in [-0.4, -0.2) is 12.1 Å². The van der Waals surface area contributed by atoms with E-state index in [1.807, 2.05) is 0 Å². The number of carbonyl (C=O) groups is 1. The highest BCUT2D eigenvalue weighted by Gasteiger charge is 2.32. The lowest BCUT2D eigenvalue weighted by Crippen LogP contribution is -2.17. The molecule has 1 aliphatic carbocycles. The van der Waals surface area contributed by atoms with Crippen LogP contribution >= 0.6 is 0 Å². The summed E-state index contributed by atoms with van der Waals surface area (Å²) in [7, 11) is 0. The Balaban J connectivity index is 2.03. The molecule has 0 saturated carbocycles. The Labute approximate surface area is 119 Å². The first-order valence-electron chi connectivity index (χ1n) is 6.45. The Morgan fingerprint density at radius 1 is 0.952 bits per heavy atom. The minimum absolute atomic E-state index is 0.0800. The molecule has 0 heterocycles. The van der Waals surface area contributed by atoms with Gasteiger partial charge in [-0.15, -0.1) is 13.2 Å². The zero-order valence-corrected chi connectivity index (χ0v) is 10.9. The molecule has 0 aromatic heterocycles. The Bertz CT molecular complexity index is 705. The first-order valence-corrected chi connectivity index (χ1v) is 6.45. The van der Waals surface area contributed by atoms with Crippen molar-refractivity contribution in [2.24, 2.45) is 0 Å². The minimum Gasteiger partial charge on any atom is -0.405 e. The lowest BCUT2D eigenvalue weighted by molar-refractivity contribution is -0.274. The molecule has 1 aliphatic rings. The molecule has 0 N–H and O–H groups in total. The van der Waals surface area contributed by atoms with Crippen LogP contribution < -0.4 is 4.74 Å². The van der Waals surface area contributed by atoms with Gasteiger partial charge >= 0.3 is 6.36 Å². The smallest absolute Gasteiger partial charge is 0.405 e. The van der Waals surface area contributed by atoms with E-state index in [-0.39, 0.29) is 11.5 Å². The molecule has 0 radical (unpaired) electrons. The van der Waals surface area contributed by atoms with Crippen molar-refractivity contribution in [3.8, 4) is 16.9 Å². The van der Waals surface area contributed by atoms with Crippen LogP contribution in [0.5, 0.6) is 5.75 Å². The van der Waals surface area contributed by atoms with Crippen LogP contribution in [0.15, 0.2) is 42.5 Å². The number of rotatable bonds is 2. The van der Waals surface area contributed by atoms with E-state index < -0.39 is 6.36 Å².